The van der Waals surface area contributed by atoms with Crippen molar-refractivity contribution in [2.45, 2.75) is 67.7 Å². The Morgan fingerprint density at radius 1 is 0.510 bits per heavy atom. The SMILES string of the molecule is Cc1cc(C)c(B2c3cc(C(C)(C)C)cc4c3N(c3oc5ccccc5c32)c2oc3ccccc3c2B4c2c(C)cc(C)cc2C)c(C)c1. The predicted molar refractivity (Wildman–Crippen MR) is 210 cm³/mol. The van der Waals surface area contributed by atoms with Crippen LogP contribution in [0.15, 0.2) is 93.8 Å². The minimum atomic E-state index is -0.0718. The van der Waals surface area contributed by atoms with Crippen LogP contribution in [0.5, 0.6) is 0 Å². The highest BCUT2D eigenvalue weighted by molar-refractivity contribution is 7.04. The number of rotatable bonds is 2. The minimum Gasteiger partial charge on any atom is -0.440 e. The molecule has 240 valence electrons. The first-order valence-electron chi connectivity index (χ1n) is 17.6. The smallest absolute Gasteiger partial charge is 0.252 e. The van der Waals surface area contributed by atoms with E-state index in [0.29, 0.717) is 0 Å². The largest absolute Gasteiger partial charge is 0.440 e. The first kappa shape index (κ1) is 30.2. The number of para-hydroxylation sites is 2. The van der Waals surface area contributed by atoms with Crippen molar-refractivity contribution >= 4 is 85.6 Å². The molecule has 0 fully saturated rings. The molecule has 0 atom stereocenters. The lowest BCUT2D eigenvalue weighted by Crippen LogP contribution is -2.66. The third kappa shape index (κ3) is 4.24. The molecule has 5 aromatic carbocycles. The minimum absolute atomic E-state index is 0.0154. The summed E-state index contributed by atoms with van der Waals surface area (Å²) in [5.74, 6) is 1.72. The van der Waals surface area contributed by atoms with Crippen LogP contribution in [-0.2, 0) is 5.41 Å². The van der Waals surface area contributed by atoms with Crippen LogP contribution in [0.2, 0.25) is 0 Å². The van der Waals surface area contributed by atoms with Gasteiger partial charge < -0.3 is 8.83 Å². The number of hydrogen-bond acceptors (Lipinski definition) is 3. The average Bonchev–Trinajstić information content (AvgIpc) is 3.60. The molecule has 49 heavy (non-hydrogen) atoms. The summed E-state index contributed by atoms with van der Waals surface area (Å²) in [5.41, 5.74) is 19.8. The van der Waals surface area contributed by atoms with Crippen molar-refractivity contribution in [2.75, 3.05) is 4.90 Å². The molecule has 0 unspecified atom stereocenters. The molecule has 0 spiro atoms. The molecular formula is C44H41B2NO2. The molecule has 5 heteroatoms. The van der Waals surface area contributed by atoms with Crippen molar-refractivity contribution in [1.82, 2.24) is 0 Å². The van der Waals surface area contributed by atoms with Gasteiger partial charge >= 0.3 is 0 Å². The maximum atomic E-state index is 7.02. The maximum Gasteiger partial charge on any atom is 0.252 e. The molecule has 0 saturated carbocycles. The lowest BCUT2D eigenvalue weighted by molar-refractivity contribution is 0.584. The fraction of sp³-hybridized carbons (Fsp3) is 0.227. The Bertz CT molecular complexity index is 2320. The summed E-state index contributed by atoms with van der Waals surface area (Å²) in [5, 5.41) is 2.31. The van der Waals surface area contributed by atoms with E-state index in [1.165, 1.54) is 77.4 Å². The number of nitrogens with zero attached hydrogens (tertiary/aromatic N) is 1. The lowest BCUT2D eigenvalue weighted by Gasteiger charge is -2.41. The van der Waals surface area contributed by atoms with Crippen LogP contribution in [0, 0.1) is 41.5 Å². The van der Waals surface area contributed by atoms with Gasteiger partial charge in [-0.25, -0.2) is 0 Å². The van der Waals surface area contributed by atoms with E-state index in [2.05, 4.69) is 152 Å². The summed E-state index contributed by atoms with van der Waals surface area (Å²) in [7, 11) is 0. The van der Waals surface area contributed by atoms with Crippen molar-refractivity contribution in [3.05, 3.63) is 124 Å². The van der Waals surface area contributed by atoms with Gasteiger partial charge in [0, 0.05) is 27.4 Å². The van der Waals surface area contributed by atoms with Gasteiger partial charge in [-0.15, -0.1) is 0 Å². The number of fused-ring (bicyclic) bond motifs is 8. The monoisotopic (exact) mass is 637 g/mol. The summed E-state index contributed by atoms with van der Waals surface area (Å²) in [6, 6.07) is 31.5. The van der Waals surface area contributed by atoms with Crippen LogP contribution in [0.25, 0.3) is 21.9 Å². The Morgan fingerprint density at radius 3 is 1.29 bits per heavy atom. The van der Waals surface area contributed by atoms with Crippen molar-refractivity contribution in [2.24, 2.45) is 0 Å². The van der Waals surface area contributed by atoms with Gasteiger partial charge in [0.25, 0.3) is 13.4 Å². The molecule has 0 aliphatic carbocycles. The molecule has 0 N–H and O–H groups in total. The zero-order chi connectivity index (χ0) is 34.1. The highest BCUT2D eigenvalue weighted by Gasteiger charge is 2.50. The van der Waals surface area contributed by atoms with Gasteiger partial charge in [0.15, 0.2) is 0 Å². The molecule has 7 aromatic rings. The Hall–Kier alpha value is -4.89. The first-order chi connectivity index (χ1) is 23.4. The zero-order valence-corrected chi connectivity index (χ0v) is 30.0. The fourth-order valence-electron chi connectivity index (χ4n) is 9.31. The van der Waals surface area contributed by atoms with E-state index in [-0.39, 0.29) is 18.8 Å². The van der Waals surface area contributed by atoms with E-state index in [4.69, 9.17) is 8.83 Å². The fourth-order valence-corrected chi connectivity index (χ4v) is 9.31. The van der Waals surface area contributed by atoms with Crippen LogP contribution in [-0.4, -0.2) is 13.4 Å². The van der Waals surface area contributed by atoms with E-state index in [9.17, 15) is 0 Å². The molecule has 9 rings (SSSR count). The average molecular weight is 637 g/mol. The summed E-state index contributed by atoms with van der Waals surface area (Å²) in [6.07, 6.45) is 0. The molecule has 3 nitrogen and oxygen atoms in total. The third-order valence-electron chi connectivity index (χ3n) is 11.1. The highest BCUT2D eigenvalue weighted by atomic mass is 16.4. The van der Waals surface area contributed by atoms with E-state index in [0.717, 1.165) is 33.7 Å². The second kappa shape index (κ2) is 10.3. The number of anilines is 3. The van der Waals surface area contributed by atoms with Crippen LogP contribution < -0.4 is 37.7 Å². The second-order valence-electron chi connectivity index (χ2n) is 15.7. The summed E-state index contributed by atoms with van der Waals surface area (Å²) in [6.45, 7) is 20.5. The zero-order valence-electron chi connectivity index (χ0n) is 30.0. The first-order valence-corrected chi connectivity index (χ1v) is 17.6. The Balaban J connectivity index is 1.50. The number of hydrogen-bond donors (Lipinski definition) is 0. The molecule has 2 aromatic heterocycles. The van der Waals surface area contributed by atoms with Gasteiger partial charge in [-0.2, -0.15) is 0 Å². The molecule has 2 aliphatic rings. The van der Waals surface area contributed by atoms with Crippen molar-refractivity contribution in [3.63, 3.8) is 0 Å². The number of furan rings is 2. The van der Waals surface area contributed by atoms with Crippen LogP contribution in [0.4, 0.5) is 17.5 Å². The molecule has 0 amide bonds. The van der Waals surface area contributed by atoms with Crippen LogP contribution in [0.3, 0.4) is 0 Å². The molecule has 0 saturated heterocycles. The van der Waals surface area contributed by atoms with Gasteiger partial charge in [-0.3, -0.25) is 4.90 Å². The van der Waals surface area contributed by atoms with Gasteiger partial charge in [0.1, 0.15) is 11.2 Å². The van der Waals surface area contributed by atoms with Gasteiger partial charge in [0.2, 0.25) is 11.8 Å². The summed E-state index contributed by atoms with van der Waals surface area (Å²) >= 11 is 0. The molecule has 0 radical (unpaired) electrons. The van der Waals surface area contributed by atoms with Gasteiger partial charge in [0.05, 0.1) is 0 Å². The highest BCUT2D eigenvalue weighted by Crippen LogP contribution is 2.44. The Morgan fingerprint density at radius 2 is 0.898 bits per heavy atom. The third-order valence-corrected chi connectivity index (χ3v) is 11.1. The second-order valence-corrected chi connectivity index (χ2v) is 15.7. The van der Waals surface area contributed by atoms with Crippen LogP contribution in [0.1, 0.15) is 59.7 Å². The molecule has 2 aliphatic heterocycles. The quantitative estimate of drug-likeness (QED) is 0.185. The predicted octanol–water partition coefficient (Wildman–Crippen LogP) is 7.46. The molecule has 4 heterocycles. The molecule has 0 bridgehead atoms. The standard InChI is InChI=1S/C44H41B2NO2/c1-24-18-26(3)37(27(4)19-24)45-33-22-30(44(7,8)9)23-34-41(33)47(42-39(45)31-14-10-12-16-35(31)48-42)43-40(32-15-11-13-17-36(32)49-43)46(34)38-28(5)20-25(2)21-29(38)6/h10-23H,1-9H3. The topological polar surface area (TPSA) is 29.5 Å². The molecular weight excluding hydrogens is 596 g/mol. The Labute approximate surface area is 290 Å². The van der Waals surface area contributed by atoms with Gasteiger partial charge in [-0.05, 0) is 75.6 Å². The van der Waals surface area contributed by atoms with Crippen molar-refractivity contribution in [3.8, 4) is 0 Å². The Kier molecular flexibility index (Phi) is 6.35. The number of aryl methyl sites for hydroxylation is 6. The number of benzene rings is 5. The van der Waals surface area contributed by atoms with Crippen molar-refractivity contribution in [1.29, 1.82) is 0 Å². The maximum absolute atomic E-state index is 7.02. The van der Waals surface area contributed by atoms with E-state index >= 15 is 0 Å². The summed E-state index contributed by atoms with van der Waals surface area (Å²) in [4.78, 5) is 2.34. The lowest BCUT2D eigenvalue weighted by atomic mass is 9.29. The van der Waals surface area contributed by atoms with E-state index in [1.54, 1.807) is 0 Å². The van der Waals surface area contributed by atoms with E-state index < -0.39 is 0 Å². The summed E-state index contributed by atoms with van der Waals surface area (Å²) < 4.78 is 14.0. The normalized spacial score (nSPS) is 13.7. The van der Waals surface area contributed by atoms with Crippen LogP contribution >= 0.6 is 0 Å². The van der Waals surface area contributed by atoms with Crippen molar-refractivity contribution < 1.29 is 8.83 Å². The van der Waals surface area contributed by atoms with E-state index in [1.807, 2.05) is 0 Å². The van der Waals surface area contributed by atoms with Gasteiger partial charge in [-0.1, -0.05) is 138 Å².